The Morgan fingerprint density at radius 3 is 2.45 bits per heavy atom. The molecule has 0 atom stereocenters. The Balaban J connectivity index is 1.47. The molecule has 1 fully saturated rings. The van der Waals surface area contributed by atoms with Gasteiger partial charge in [0.1, 0.15) is 11.5 Å². The number of aromatic nitrogens is 4. The van der Waals surface area contributed by atoms with Crippen LogP contribution in [-0.2, 0) is 6.54 Å². The maximum atomic E-state index is 13.5. The van der Waals surface area contributed by atoms with Gasteiger partial charge in [0, 0.05) is 30.5 Å². The van der Waals surface area contributed by atoms with Crippen LogP contribution in [0.5, 0.6) is 0 Å². The summed E-state index contributed by atoms with van der Waals surface area (Å²) in [4.78, 5) is 16.5. The molecule has 1 aliphatic rings. The minimum Gasteiger partial charge on any atom is -0.350 e. The number of hydrogen-bond acceptors (Lipinski definition) is 5. The van der Waals surface area contributed by atoms with Crippen LogP contribution < -0.4 is 5.32 Å². The van der Waals surface area contributed by atoms with E-state index >= 15 is 0 Å². The molecule has 0 saturated carbocycles. The Morgan fingerprint density at radius 2 is 1.70 bits per heavy atom. The molecule has 2 aromatic heterocycles. The third-order valence-corrected chi connectivity index (χ3v) is 6.13. The van der Waals surface area contributed by atoms with Gasteiger partial charge >= 0.3 is 0 Å². The number of likely N-dealkylation sites (tertiary alicyclic amines) is 1. The third kappa shape index (κ3) is 4.93. The van der Waals surface area contributed by atoms with Crippen LogP contribution in [-0.4, -0.2) is 44.6 Å². The minimum absolute atomic E-state index is 0.251. The van der Waals surface area contributed by atoms with Gasteiger partial charge in [0.05, 0.1) is 5.69 Å². The molecule has 7 heteroatoms. The zero-order chi connectivity index (χ0) is 22.6. The van der Waals surface area contributed by atoms with E-state index in [1.165, 1.54) is 12.1 Å². The number of nitrogens with zero attached hydrogens (tertiary/aromatic N) is 5. The molecule has 1 N–H and O–H groups in total. The van der Waals surface area contributed by atoms with E-state index in [1.807, 2.05) is 24.3 Å². The van der Waals surface area contributed by atoms with Gasteiger partial charge in [-0.05, 0) is 68.9 Å². The summed E-state index contributed by atoms with van der Waals surface area (Å²) in [5, 5.41) is 3.31. The van der Waals surface area contributed by atoms with Gasteiger partial charge < -0.3 is 14.8 Å². The number of hydrogen-bond donors (Lipinski definition) is 1. The molecule has 0 spiro atoms. The fraction of sp³-hybridized carbons (Fsp3) is 0.269. The molecule has 1 aliphatic heterocycles. The van der Waals surface area contributed by atoms with Crippen molar-refractivity contribution in [2.45, 2.75) is 25.4 Å². The number of anilines is 1. The Kier molecular flexibility index (Phi) is 6.13. The van der Waals surface area contributed by atoms with E-state index < -0.39 is 0 Å². The van der Waals surface area contributed by atoms with Crippen molar-refractivity contribution >= 4 is 5.95 Å². The maximum Gasteiger partial charge on any atom is 0.223 e. The van der Waals surface area contributed by atoms with Crippen LogP contribution >= 0.6 is 0 Å². The number of halogens is 1. The van der Waals surface area contributed by atoms with Crippen LogP contribution in [0, 0.1) is 5.82 Å². The lowest BCUT2D eigenvalue weighted by molar-refractivity contribution is 0.222. The first kappa shape index (κ1) is 21.3. The smallest absolute Gasteiger partial charge is 0.223 e. The Hall–Kier alpha value is -3.58. The Morgan fingerprint density at radius 1 is 0.939 bits per heavy atom. The van der Waals surface area contributed by atoms with E-state index in [4.69, 9.17) is 9.97 Å². The van der Waals surface area contributed by atoms with Crippen molar-refractivity contribution in [2.24, 2.45) is 0 Å². The van der Waals surface area contributed by atoms with Gasteiger partial charge in [-0.2, -0.15) is 0 Å². The monoisotopic (exact) mass is 442 g/mol. The van der Waals surface area contributed by atoms with Crippen molar-refractivity contribution in [3.05, 3.63) is 84.4 Å². The molecule has 33 heavy (non-hydrogen) atoms. The molecule has 5 rings (SSSR count). The van der Waals surface area contributed by atoms with E-state index in [2.05, 4.69) is 45.1 Å². The average Bonchev–Trinajstić information content (AvgIpc) is 3.30. The summed E-state index contributed by atoms with van der Waals surface area (Å²) in [6.07, 6.45) is 5.94. The van der Waals surface area contributed by atoms with Crippen molar-refractivity contribution in [2.75, 3.05) is 25.5 Å². The summed E-state index contributed by atoms with van der Waals surface area (Å²) in [5.74, 6) is 1.13. The van der Waals surface area contributed by atoms with Crippen molar-refractivity contribution in [1.29, 1.82) is 0 Å². The molecule has 6 nitrogen and oxygen atoms in total. The van der Waals surface area contributed by atoms with Crippen LogP contribution in [0.25, 0.3) is 22.8 Å². The number of imidazole rings is 1. The molecule has 0 radical (unpaired) electrons. The molecule has 168 valence electrons. The lowest BCUT2D eigenvalue weighted by Gasteiger charge is -2.30. The van der Waals surface area contributed by atoms with E-state index in [1.54, 1.807) is 18.3 Å². The number of rotatable bonds is 6. The summed E-state index contributed by atoms with van der Waals surface area (Å²) in [6, 6.07) is 18.9. The molecule has 4 aromatic rings. The van der Waals surface area contributed by atoms with Gasteiger partial charge in [0.25, 0.3) is 0 Å². The number of nitrogens with one attached hydrogen (secondary N) is 1. The molecule has 0 amide bonds. The largest absolute Gasteiger partial charge is 0.350 e. The SMILES string of the molecule is CN1CCC(n2cc(-c3ccc(F)cc3)nc2-c2ccnc(NCc3ccccc3)n2)CC1. The fourth-order valence-electron chi connectivity index (χ4n) is 4.24. The van der Waals surface area contributed by atoms with Crippen LogP contribution in [0.15, 0.2) is 73.1 Å². The lowest BCUT2D eigenvalue weighted by Crippen LogP contribution is -2.31. The topological polar surface area (TPSA) is 58.9 Å². The maximum absolute atomic E-state index is 13.5. The van der Waals surface area contributed by atoms with Crippen LogP contribution in [0.3, 0.4) is 0 Å². The molecule has 3 heterocycles. The van der Waals surface area contributed by atoms with Gasteiger partial charge in [-0.3, -0.25) is 0 Å². The first-order valence-corrected chi connectivity index (χ1v) is 11.3. The number of piperidine rings is 1. The van der Waals surface area contributed by atoms with E-state index in [-0.39, 0.29) is 5.82 Å². The van der Waals surface area contributed by atoms with Gasteiger partial charge in [-0.15, -0.1) is 0 Å². The zero-order valence-corrected chi connectivity index (χ0v) is 18.7. The Bertz CT molecular complexity index is 1200. The van der Waals surface area contributed by atoms with Crippen molar-refractivity contribution in [1.82, 2.24) is 24.4 Å². The van der Waals surface area contributed by atoms with Gasteiger partial charge in [0.2, 0.25) is 5.95 Å². The van der Waals surface area contributed by atoms with Crippen molar-refractivity contribution < 1.29 is 4.39 Å². The average molecular weight is 443 g/mol. The first-order chi connectivity index (χ1) is 16.2. The molecule has 0 aliphatic carbocycles. The second-order valence-electron chi connectivity index (χ2n) is 8.50. The summed E-state index contributed by atoms with van der Waals surface area (Å²) < 4.78 is 15.7. The molecule has 2 aromatic carbocycles. The van der Waals surface area contributed by atoms with Crippen molar-refractivity contribution in [3.63, 3.8) is 0 Å². The normalized spacial score (nSPS) is 15.0. The van der Waals surface area contributed by atoms with Gasteiger partial charge in [-0.1, -0.05) is 30.3 Å². The van der Waals surface area contributed by atoms with E-state index in [0.29, 0.717) is 18.5 Å². The first-order valence-electron chi connectivity index (χ1n) is 11.3. The highest BCUT2D eigenvalue weighted by Gasteiger charge is 2.23. The summed E-state index contributed by atoms with van der Waals surface area (Å²) >= 11 is 0. The summed E-state index contributed by atoms with van der Waals surface area (Å²) in [7, 11) is 2.16. The van der Waals surface area contributed by atoms with E-state index in [9.17, 15) is 4.39 Å². The zero-order valence-electron chi connectivity index (χ0n) is 18.7. The number of benzene rings is 2. The lowest BCUT2D eigenvalue weighted by atomic mass is 10.1. The quantitative estimate of drug-likeness (QED) is 0.454. The molecule has 0 unspecified atom stereocenters. The predicted molar refractivity (Wildman–Crippen MR) is 128 cm³/mol. The van der Waals surface area contributed by atoms with Crippen molar-refractivity contribution in [3.8, 4) is 22.8 Å². The molecule has 1 saturated heterocycles. The predicted octanol–water partition coefficient (Wildman–Crippen LogP) is 5.03. The fourth-order valence-corrected chi connectivity index (χ4v) is 4.24. The van der Waals surface area contributed by atoms with Crippen LogP contribution in [0.4, 0.5) is 10.3 Å². The van der Waals surface area contributed by atoms with Gasteiger partial charge in [-0.25, -0.2) is 19.3 Å². The summed E-state index contributed by atoms with van der Waals surface area (Å²) in [6.45, 7) is 2.73. The highest BCUT2D eigenvalue weighted by atomic mass is 19.1. The second kappa shape index (κ2) is 9.50. The Labute approximate surface area is 193 Å². The highest BCUT2D eigenvalue weighted by molar-refractivity contribution is 5.64. The highest BCUT2D eigenvalue weighted by Crippen LogP contribution is 2.31. The minimum atomic E-state index is -0.251. The molecular weight excluding hydrogens is 415 g/mol. The second-order valence-corrected chi connectivity index (χ2v) is 8.50. The van der Waals surface area contributed by atoms with Crippen LogP contribution in [0.1, 0.15) is 24.4 Å². The van der Waals surface area contributed by atoms with E-state index in [0.717, 1.165) is 54.3 Å². The third-order valence-electron chi connectivity index (χ3n) is 6.13. The van der Waals surface area contributed by atoms with Gasteiger partial charge in [0.15, 0.2) is 5.82 Å². The molecular formula is C26H27FN6. The molecule has 0 bridgehead atoms. The van der Waals surface area contributed by atoms with Crippen LogP contribution in [0.2, 0.25) is 0 Å². The summed E-state index contributed by atoms with van der Waals surface area (Å²) in [5.41, 5.74) is 3.65. The standard InChI is InChI=1S/C26H27FN6/c1-32-15-12-22(13-16-32)33-18-24(20-7-9-21(27)10-8-20)30-25(33)23-11-14-28-26(31-23)29-17-19-5-3-2-4-6-19/h2-11,14,18,22H,12-13,15-17H2,1H3,(H,28,29,31).